The smallest absolute Gasteiger partial charge is 0.225 e. The zero-order valence-corrected chi connectivity index (χ0v) is 18.0. The van der Waals surface area contributed by atoms with E-state index in [0.29, 0.717) is 5.91 Å². The number of hydrogen-bond donors (Lipinski definition) is 1. The predicted octanol–water partition coefficient (Wildman–Crippen LogP) is 4.58. The van der Waals surface area contributed by atoms with Gasteiger partial charge in [0.1, 0.15) is 0 Å². The number of amides is 1. The Labute approximate surface area is 184 Å². The van der Waals surface area contributed by atoms with Crippen LogP contribution in [0.2, 0.25) is 0 Å². The minimum atomic E-state index is 0.212. The second-order valence-corrected chi connectivity index (χ2v) is 8.80. The summed E-state index contributed by atoms with van der Waals surface area (Å²) < 4.78 is 0. The molecule has 1 aromatic heterocycles. The van der Waals surface area contributed by atoms with Gasteiger partial charge in [0.2, 0.25) is 5.91 Å². The normalized spacial score (nSPS) is 17.9. The summed E-state index contributed by atoms with van der Waals surface area (Å²) in [4.78, 5) is 17.2. The number of aromatic amines is 1. The maximum atomic E-state index is 12.7. The van der Waals surface area contributed by atoms with E-state index < -0.39 is 0 Å². The number of carbonyl (C=O) groups excluding carboxylic acids is 1. The van der Waals surface area contributed by atoms with Crippen molar-refractivity contribution in [3.05, 3.63) is 66.4 Å². The molecule has 5 rings (SSSR count). The van der Waals surface area contributed by atoms with E-state index in [0.717, 1.165) is 56.8 Å². The summed E-state index contributed by atoms with van der Waals surface area (Å²) in [6, 6.07) is 19.1. The van der Waals surface area contributed by atoms with E-state index in [1.807, 2.05) is 12.3 Å². The highest BCUT2D eigenvalue weighted by molar-refractivity contribution is 5.79. The first-order valence-electron chi connectivity index (χ1n) is 11.5. The summed E-state index contributed by atoms with van der Waals surface area (Å²) >= 11 is 0. The van der Waals surface area contributed by atoms with Gasteiger partial charge < -0.3 is 4.90 Å². The number of piperidine rings is 1. The summed E-state index contributed by atoms with van der Waals surface area (Å²) in [5.41, 5.74) is 5.92. The van der Waals surface area contributed by atoms with Gasteiger partial charge >= 0.3 is 0 Å². The first-order valence-corrected chi connectivity index (χ1v) is 11.5. The number of carbonyl (C=O) groups is 1. The molecule has 0 unspecified atom stereocenters. The van der Waals surface area contributed by atoms with Gasteiger partial charge in [0.15, 0.2) is 0 Å². The van der Waals surface area contributed by atoms with Crippen molar-refractivity contribution in [3.8, 4) is 22.4 Å². The van der Waals surface area contributed by atoms with Gasteiger partial charge in [0.05, 0.1) is 11.9 Å². The SMILES string of the molecule is O=C(C1CCN(Cc2cn[nH]c2-c2ccc(-c3ccccc3)cc2)CC1)N1CCCC1. The molecule has 2 aliphatic rings. The monoisotopic (exact) mass is 414 g/mol. The molecule has 3 heterocycles. The predicted molar refractivity (Wildman–Crippen MR) is 123 cm³/mol. The number of H-pyrrole nitrogens is 1. The number of nitrogens with one attached hydrogen (secondary N) is 1. The van der Waals surface area contributed by atoms with Crippen LogP contribution in [0.25, 0.3) is 22.4 Å². The molecule has 2 aliphatic heterocycles. The highest BCUT2D eigenvalue weighted by atomic mass is 16.2. The van der Waals surface area contributed by atoms with Crippen molar-refractivity contribution in [1.29, 1.82) is 0 Å². The Morgan fingerprint density at radius 3 is 2.23 bits per heavy atom. The van der Waals surface area contributed by atoms with Gasteiger partial charge in [-0.05, 0) is 55.5 Å². The molecule has 0 bridgehead atoms. The summed E-state index contributed by atoms with van der Waals surface area (Å²) in [5.74, 6) is 0.600. The largest absolute Gasteiger partial charge is 0.342 e. The average Bonchev–Trinajstić information content (AvgIpc) is 3.53. The van der Waals surface area contributed by atoms with E-state index >= 15 is 0 Å². The summed E-state index contributed by atoms with van der Waals surface area (Å²) in [7, 11) is 0. The van der Waals surface area contributed by atoms with Crippen LogP contribution in [0.15, 0.2) is 60.8 Å². The van der Waals surface area contributed by atoms with Crippen LogP contribution >= 0.6 is 0 Å². The minimum Gasteiger partial charge on any atom is -0.342 e. The van der Waals surface area contributed by atoms with E-state index in [-0.39, 0.29) is 5.92 Å². The first-order chi connectivity index (χ1) is 15.3. The maximum Gasteiger partial charge on any atom is 0.225 e. The Bertz CT molecular complexity index is 997. The Hall–Kier alpha value is -2.92. The standard InChI is InChI=1S/C26H30N4O/c31-26(30-14-4-5-15-30)23-12-16-29(17-13-23)19-24-18-27-28-25(24)22-10-8-21(9-11-22)20-6-2-1-3-7-20/h1-3,6-11,18,23H,4-5,12-17,19H2,(H,27,28). The highest BCUT2D eigenvalue weighted by Gasteiger charge is 2.30. The van der Waals surface area contributed by atoms with Crippen molar-refractivity contribution < 1.29 is 4.79 Å². The van der Waals surface area contributed by atoms with E-state index in [1.54, 1.807) is 0 Å². The number of likely N-dealkylation sites (tertiary alicyclic amines) is 2. The number of hydrogen-bond acceptors (Lipinski definition) is 3. The Morgan fingerprint density at radius 2 is 1.52 bits per heavy atom. The van der Waals surface area contributed by atoms with Crippen LogP contribution in [0.5, 0.6) is 0 Å². The topological polar surface area (TPSA) is 52.2 Å². The second kappa shape index (κ2) is 9.06. The molecule has 5 nitrogen and oxygen atoms in total. The van der Waals surface area contributed by atoms with Crippen LogP contribution in [0, 0.1) is 5.92 Å². The van der Waals surface area contributed by atoms with E-state index in [4.69, 9.17) is 0 Å². The highest BCUT2D eigenvalue weighted by Crippen LogP contribution is 2.28. The number of benzene rings is 2. The molecule has 31 heavy (non-hydrogen) atoms. The fraction of sp³-hybridized carbons (Fsp3) is 0.385. The van der Waals surface area contributed by atoms with Crippen molar-refractivity contribution in [3.63, 3.8) is 0 Å². The summed E-state index contributed by atoms with van der Waals surface area (Å²) in [5, 5.41) is 7.53. The molecule has 2 saturated heterocycles. The van der Waals surface area contributed by atoms with Crippen molar-refractivity contribution >= 4 is 5.91 Å². The molecular formula is C26H30N4O. The Balaban J connectivity index is 1.22. The Kier molecular flexibility index (Phi) is 5.85. The van der Waals surface area contributed by atoms with Crippen molar-refractivity contribution in [1.82, 2.24) is 20.0 Å². The molecule has 2 aromatic carbocycles. The molecule has 0 atom stereocenters. The molecule has 0 saturated carbocycles. The van der Waals surface area contributed by atoms with Gasteiger partial charge in [0, 0.05) is 31.1 Å². The van der Waals surface area contributed by atoms with Gasteiger partial charge in [-0.3, -0.25) is 14.8 Å². The molecule has 1 N–H and O–H groups in total. The van der Waals surface area contributed by atoms with Crippen LogP contribution < -0.4 is 0 Å². The van der Waals surface area contributed by atoms with Crippen LogP contribution in [0.3, 0.4) is 0 Å². The van der Waals surface area contributed by atoms with E-state index in [9.17, 15) is 4.79 Å². The van der Waals surface area contributed by atoms with Gasteiger partial charge in [-0.15, -0.1) is 0 Å². The summed E-state index contributed by atoms with van der Waals surface area (Å²) in [6.45, 7) is 4.74. The lowest BCUT2D eigenvalue weighted by Gasteiger charge is -2.33. The third-order valence-corrected chi connectivity index (χ3v) is 6.75. The fourth-order valence-corrected chi connectivity index (χ4v) is 4.92. The minimum absolute atomic E-state index is 0.212. The molecular weight excluding hydrogens is 384 g/mol. The van der Waals surface area contributed by atoms with Crippen LogP contribution in [-0.2, 0) is 11.3 Å². The van der Waals surface area contributed by atoms with E-state index in [2.05, 4.69) is 68.5 Å². The molecule has 160 valence electrons. The third kappa shape index (κ3) is 4.42. The molecule has 0 spiro atoms. The molecule has 0 radical (unpaired) electrons. The third-order valence-electron chi connectivity index (χ3n) is 6.75. The van der Waals surface area contributed by atoms with Gasteiger partial charge in [0.25, 0.3) is 0 Å². The lowest BCUT2D eigenvalue weighted by molar-refractivity contribution is -0.136. The molecule has 1 amide bonds. The lowest BCUT2D eigenvalue weighted by atomic mass is 9.95. The maximum absolute atomic E-state index is 12.7. The average molecular weight is 415 g/mol. The number of nitrogens with zero attached hydrogens (tertiary/aromatic N) is 3. The van der Waals surface area contributed by atoms with Gasteiger partial charge in [-0.2, -0.15) is 5.10 Å². The van der Waals surface area contributed by atoms with Gasteiger partial charge in [-0.1, -0.05) is 54.6 Å². The van der Waals surface area contributed by atoms with Crippen molar-refractivity contribution in [2.75, 3.05) is 26.2 Å². The molecule has 0 aliphatic carbocycles. The first kappa shape index (κ1) is 20.0. The van der Waals surface area contributed by atoms with Crippen molar-refractivity contribution in [2.45, 2.75) is 32.2 Å². The summed E-state index contributed by atoms with van der Waals surface area (Å²) in [6.07, 6.45) is 6.21. The van der Waals surface area contributed by atoms with Crippen LogP contribution in [0.4, 0.5) is 0 Å². The van der Waals surface area contributed by atoms with E-state index in [1.165, 1.54) is 29.5 Å². The Morgan fingerprint density at radius 1 is 0.871 bits per heavy atom. The zero-order chi connectivity index (χ0) is 21.0. The molecule has 3 aromatic rings. The van der Waals surface area contributed by atoms with Crippen molar-refractivity contribution in [2.24, 2.45) is 5.92 Å². The molecule has 2 fully saturated rings. The van der Waals surface area contributed by atoms with Crippen LogP contribution in [-0.4, -0.2) is 52.1 Å². The quantitative estimate of drug-likeness (QED) is 0.665. The van der Waals surface area contributed by atoms with Crippen LogP contribution in [0.1, 0.15) is 31.2 Å². The number of aromatic nitrogens is 2. The number of rotatable bonds is 5. The lowest BCUT2D eigenvalue weighted by Crippen LogP contribution is -2.41. The second-order valence-electron chi connectivity index (χ2n) is 8.80. The zero-order valence-electron chi connectivity index (χ0n) is 18.0. The fourth-order valence-electron chi connectivity index (χ4n) is 4.92. The van der Waals surface area contributed by atoms with Gasteiger partial charge in [-0.25, -0.2) is 0 Å². The molecule has 5 heteroatoms.